The lowest BCUT2D eigenvalue weighted by Crippen LogP contribution is -2.55. The molecule has 162 valence electrons. The van der Waals surface area contributed by atoms with Crippen molar-refractivity contribution in [1.82, 2.24) is 20.1 Å². The highest BCUT2D eigenvalue weighted by molar-refractivity contribution is 5.94. The molecule has 1 fully saturated rings. The van der Waals surface area contributed by atoms with E-state index in [1.807, 2.05) is 6.07 Å². The molecule has 3 aromatic rings. The molecule has 2 aromatic heterocycles. The molecular formula is C20H19F3N6O2. The van der Waals surface area contributed by atoms with Gasteiger partial charge in [0.2, 0.25) is 5.91 Å². The van der Waals surface area contributed by atoms with E-state index >= 15 is 0 Å². The Morgan fingerprint density at radius 2 is 2.00 bits per heavy atom. The van der Waals surface area contributed by atoms with Crippen LogP contribution in [0.2, 0.25) is 0 Å². The molecular weight excluding hydrogens is 413 g/mol. The lowest BCUT2D eigenvalue weighted by atomic mass is 10.1. The van der Waals surface area contributed by atoms with Gasteiger partial charge in [-0.05, 0) is 36.4 Å². The van der Waals surface area contributed by atoms with Crippen LogP contribution in [-0.2, 0) is 11.3 Å². The second-order valence-corrected chi connectivity index (χ2v) is 7.02. The predicted octanol–water partition coefficient (Wildman–Crippen LogP) is 2.27. The van der Waals surface area contributed by atoms with Crippen LogP contribution in [0.1, 0.15) is 5.69 Å². The van der Waals surface area contributed by atoms with E-state index in [1.165, 1.54) is 28.9 Å². The maximum absolute atomic E-state index is 12.4. The van der Waals surface area contributed by atoms with Gasteiger partial charge >= 0.3 is 6.36 Å². The molecule has 0 aliphatic carbocycles. The Morgan fingerprint density at radius 3 is 2.61 bits per heavy atom. The van der Waals surface area contributed by atoms with Crippen molar-refractivity contribution in [1.29, 1.82) is 0 Å². The summed E-state index contributed by atoms with van der Waals surface area (Å²) in [5, 5.41) is 8.01. The number of carbonyl (C=O) groups is 1. The Hall–Kier alpha value is -3.60. The minimum Gasteiger partial charge on any atom is -0.406 e. The standard InChI is InChI=1S/C20H19F3N6O2/c1-2-17(30)26-9-15-18-16(28-10-12(24)11-28)7-8-25-19(18)29(27-15)13-3-5-14(6-4-13)31-20(21,22)23/h2-8,12H,1,9-11,24H2,(H,26,30). The van der Waals surface area contributed by atoms with Crippen molar-refractivity contribution >= 4 is 22.6 Å². The third kappa shape index (κ3) is 4.31. The average Bonchev–Trinajstić information content (AvgIpc) is 3.08. The molecule has 0 unspecified atom stereocenters. The minimum atomic E-state index is -4.77. The lowest BCUT2D eigenvalue weighted by Gasteiger charge is -2.39. The molecule has 0 radical (unpaired) electrons. The molecule has 3 heterocycles. The largest absolute Gasteiger partial charge is 0.573 e. The fourth-order valence-electron chi connectivity index (χ4n) is 3.41. The van der Waals surface area contributed by atoms with Crippen LogP contribution in [0.4, 0.5) is 18.9 Å². The number of nitrogens with zero attached hydrogens (tertiary/aromatic N) is 4. The first-order valence-electron chi connectivity index (χ1n) is 9.39. The van der Waals surface area contributed by atoms with Crippen molar-refractivity contribution in [2.45, 2.75) is 18.9 Å². The van der Waals surface area contributed by atoms with Crippen LogP contribution in [-0.4, -0.2) is 46.2 Å². The number of fused-ring (bicyclic) bond motifs is 1. The zero-order valence-electron chi connectivity index (χ0n) is 16.3. The van der Waals surface area contributed by atoms with Gasteiger partial charge in [-0.1, -0.05) is 6.58 Å². The molecule has 0 spiro atoms. The van der Waals surface area contributed by atoms with E-state index in [1.54, 1.807) is 6.20 Å². The number of alkyl halides is 3. The van der Waals surface area contributed by atoms with E-state index in [0.29, 0.717) is 30.1 Å². The number of benzene rings is 1. The summed E-state index contributed by atoms with van der Waals surface area (Å²) in [4.78, 5) is 18.2. The summed E-state index contributed by atoms with van der Waals surface area (Å²) in [6.07, 6.45) is -1.98. The first-order valence-corrected chi connectivity index (χ1v) is 9.39. The van der Waals surface area contributed by atoms with Crippen LogP contribution in [0.25, 0.3) is 16.7 Å². The first kappa shape index (κ1) is 20.7. The average molecular weight is 432 g/mol. The van der Waals surface area contributed by atoms with E-state index in [0.717, 1.165) is 17.1 Å². The predicted molar refractivity (Wildman–Crippen MR) is 108 cm³/mol. The van der Waals surface area contributed by atoms with Crippen LogP contribution in [0.5, 0.6) is 5.75 Å². The Bertz CT molecular complexity index is 1120. The van der Waals surface area contributed by atoms with Crippen LogP contribution < -0.4 is 20.7 Å². The molecule has 11 heteroatoms. The van der Waals surface area contributed by atoms with Gasteiger partial charge < -0.3 is 20.7 Å². The zero-order chi connectivity index (χ0) is 22.2. The number of hydrogen-bond donors (Lipinski definition) is 2. The number of ether oxygens (including phenoxy) is 1. The summed E-state index contributed by atoms with van der Waals surface area (Å²) in [5.74, 6) is -0.692. The Morgan fingerprint density at radius 1 is 1.29 bits per heavy atom. The van der Waals surface area contributed by atoms with Gasteiger partial charge in [-0.25, -0.2) is 9.67 Å². The number of rotatable bonds is 6. The van der Waals surface area contributed by atoms with Crippen molar-refractivity contribution in [3.05, 3.63) is 54.9 Å². The molecule has 1 amide bonds. The molecule has 0 atom stereocenters. The summed E-state index contributed by atoms with van der Waals surface area (Å²) < 4.78 is 42.8. The number of nitrogens with one attached hydrogen (secondary N) is 1. The molecule has 0 saturated carbocycles. The van der Waals surface area contributed by atoms with Gasteiger partial charge in [-0.2, -0.15) is 5.10 Å². The monoisotopic (exact) mass is 432 g/mol. The fraction of sp³-hybridized carbons (Fsp3) is 0.250. The van der Waals surface area contributed by atoms with Crippen LogP contribution in [0, 0.1) is 0 Å². The van der Waals surface area contributed by atoms with Crippen LogP contribution in [0.15, 0.2) is 49.2 Å². The van der Waals surface area contributed by atoms with Gasteiger partial charge in [0.05, 0.1) is 29.0 Å². The Kier molecular flexibility index (Phi) is 5.27. The van der Waals surface area contributed by atoms with Crippen molar-refractivity contribution in [3.8, 4) is 11.4 Å². The van der Waals surface area contributed by atoms with Crippen molar-refractivity contribution < 1.29 is 22.7 Å². The van der Waals surface area contributed by atoms with E-state index in [9.17, 15) is 18.0 Å². The minimum absolute atomic E-state index is 0.0726. The molecule has 1 aliphatic rings. The number of aromatic nitrogens is 3. The highest BCUT2D eigenvalue weighted by Gasteiger charge is 2.31. The number of pyridine rings is 1. The third-order valence-corrected chi connectivity index (χ3v) is 4.80. The fourth-order valence-corrected chi connectivity index (χ4v) is 3.41. The molecule has 1 saturated heterocycles. The van der Waals surface area contributed by atoms with Crippen molar-refractivity contribution in [3.63, 3.8) is 0 Å². The molecule has 31 heavy (non-hydrogen) atoms. The number of amides is 1. The third-order valence-electron chi connectivity index (χ3n) is 4.80. The smallest absolute Gasteiger partial charge is 0.406 e. The number of anilines is 1. The Balaban J connectivity index is 1.76. The summed E-state index contributed by atoms with van der Waals surface area (Å²) >= 11 is 0. The SMILES string of the molecule is C=CC(=O)NCc1nn(-c2ccc(OC(F)(F)F)cc2)c2nccc(N3CC(N)C3)c12. The molecule has 1 aromatic carbocycles. The van der Waals surface area contributed by atoms with E-state index in [-0.39, 0.29) is 24.2 Å². The van der Waals surface area contributed by atoms with Gasteiger partial charge in [-0.3, -0.25) is 4.79 Å². The van der Waals surface area contributed by atoms with E-state index < -0.39 is 6.36 Å². The van der Waals surface area contributed by atoms with Crippen LogP contribution in [0.3, 0.4) is 0 Å². The molecule has 0 bridgehead atoms. The van der Waals surface area contributed by atoms with Crippen molar-refractivity contribution in [2.75, 3.05) is 18.0 Å². The topological polar surface area (TPSA) is 98.3 Å². The maximum Gasteiger partial charge on any atom is 0.573 e. The molecule has 8 nitrogen and oxygen atoms in total. The summed E-state index contributed by atoms with van der Waals surface area (Å²) in [5.41, 5.74) is 8.35. The van der Waals surface area contributed by atoms with E-state index in [2.05, 4.69) is 31.6 Å². The first-order chi connectivity index (χ1) is 14.7. The second-order valence-electron chi connectivity index (χ2n) is 7.02. The lowest BCUT2D eigenvalue weighted by molar-refractivity contribution is -0.274. The highest BCUT2D eigenvalue weighted by Crippen LogP contribution is 2.33. The molecule has 3 N–H and O–H groups in total. The molecule has 1 aliphatic heterocycles. The number of halogens is 3. The second kappa shape index (κ2) is 7.91. The van der Waals surface area contributed by atoms with Gasteiger partial charge in [0.1, 0.15) is 5.75 Å². The van der Waals surface area contributed by atoms with Crippen molar-refractivity contribution in [2.24, 2.45) is 5.73 Å². The maximum atomic E-state index is 12.4. The Labute approximate surface area is 175 Å². The van der Waals surface area contributed by atoms with Gasteiger partial charge in [0, 0.05) is 25.3 Å². The quantitative estimate of drug-likeness (QED) is 0.580. The van der Waals surface area contributed by atoms with E-state index in [4.69, 9.17) is 5.73 Å². The van der Waals surface area contributed by atoms with Crippen LogP contribution >= 0.6 is 0 Å². The van der Waals surface area contributed by atoms with Gasteiger partial charge in [0.15, 0.2) is 5.65 Å². The number of hydrogen-bond acceptors (Lipinski definition) is 6. The highest BCUT2D eigenvalue weighted by atomic mass is 19.4. The molecule has 4 rings (SSSR count). The number of nitrogens with two attached hydrogens (primary N) is 1. The zero-order valence-corrected chi connectivity index (χ0v) is 16.3. The number of carbonyl (C=O) groups excluding carboxylic acids is 1. The summed E-state index contributed by atoms with van der Waals surface area (Å²) in [6.45, 7) is 4.91. The van der Waals surface area contributed by atoms with Gasteiger partial charge in [-0.15, -0.1) is 13.2 Å². The summed E-state index contributed by atoms with van der Waals surface area (Å²) in [7, 11) is 0. The van der Waals surface area contributed by atoms with Gasteiger partial charge in [0.25, 0.3) is 0 Å². The normalized spacial score (nSPS) is 14.4. The summed E-state index contributed by atoms with van der Waals surface area (Å²) in [6, 6.07) is 7.23.